The first-order valence-electron chi connectivity index (χ1n) is 6.60. The van der Waals surface area contributed by atoms with Crippen molar-refractivity contribution in [3.63, 3.8) is 0 Å². The van der Waals surface area contributed by atoms with Crippen molar-refractivity contribution in [3.05, 3.63) is 30.1 Å². The number of aliphatic carboxylic acids is 1. The fourth-order valence-electron chi connectivity index (χ4n) is 2.20. The zero-order chi connectivity index (χ0) is 14.5. The van der Waals surface area contributed by atoms with Gasteiger partial charge in [-0.2, -0.15) is 0 Å². The molecule has 0 aliphatic carbocycles. The van der Waals surface area contributed by atoms with Crippen LogP contribution in [0, 0.1) is 0 Å². The van der Waals surface area contributed by atoms with Crippen LogP contribution in [0.15, 0.2) is 24.5 Å². The van der Waals surface area contributed by atoms with Crippen LogP contribution in [0.2, 0.25) is 0 Å². The van der Waals surface area contributed by atoms with Gasteiger partial charge >= 0.3 is 5.97 Å². The fourth-order valence-corrected chi connectivity index (χ4v) is 2.20. The molecule has 1 aromatic rings. The predicted octanol–water partition coefficient (Wildman–Crippen LogP) is 0.715. The highest BCUT2D eigenvalue weighted by atomic mass is 16.5. The largest absolute Gasteiger partial charge is 0.479 e. The second-order valence-corrected chi connectivity index (χ2v) is 4.89. The summed E-state index contributed by atoms with van der Waals surface area (Å²) in [5, 5.41) is 8.85. The zero-order valence-electron chi connectivity index (χ0n) is 11.4. The van der Waals surface area contributed by atoms with Crippen LogP contribution in [0.25, 0.3) is 0 Å². The van der Waals surface area contributed by atoms with Crippen molar-refractivity contribution < 1.29 is 19.4 Å². The van der Waals surface area contributed by atoms with Gasteiger partial charge in [0.15, 0.2) is 6.10 Å². The van der Waals surface area contributed by atoms with Crippen LogP contribution in [-0.4, -0.2) is 52.7 Å². The summed E-state index contributed by atoms with van der Waals surface area (Å²) in [6.45, 7) is 0.570. The summed E-state index contributed by atoms with van der Waals surface area (Å²) in [7, 11) is 1.71. The van der Waals surface area contributed by atoms with Gasteiger partial charge in [-0.1, -0.05) is 0 Å². The first-order valence-corrected chi connectivity index (χ1v) is 6.60. The van der Waals surface area contributed by atoms with Crippen LogP contribution in [0.5, 0.6) is 0 Å². The van der Waals surface area contributed by atoms with Gasteiger partial charge in [0.05, 0.1) is 0 Å². The van der Waals surface area contributed by atoms with E-state index in [4.69, 9.17) is 9.84 Å². The van der Waals surface area contributed by atoms with Gasteiger partial charge in [-0.3, -0.25) is 9.78 Å². The van der Waals surface area contributed by atoms with Crippen molar-refractivity contribution in [1.29, 1.82) is 0 Å². The molecule has 1 aromatic heterocycles. The number of rotatable bonds is 5. The summed E-state index contributed by atoms with van der Waals surface area (Å²) < 4.78 is 5.26. The maximum Gasteiger partial charge on any atom is 0.332 e. The quantitative estimate of drug-likeness (QED) is 0.858. The van der Waals surface area contributed by atoms with Gasteiger partial charge in [0.1, 0.15) is 6.10 Å². The number of carbonyl (C=O) groups excluding carboxylic acids is 1. The lowest BCUT2D eigenvalue weighted by atomic mass is 10.1. The molecule has 2 atom stereocenters. The summed E-state index contributed by atoms with van der Waals surface area (Å²) in [5.74, 6) is -1.15. The average molecular weight is 278 g/mol. The van der Waals surface area contributed by atoms with E-state index in [0.29, 0.717) is 19.4 Å². The SMILES string of the molecule is CN(CCc1ccncc1)C(=O)[C@@H]1CC[C@H](C(=O)O)O1. The first kappa shape index (κ1) is 14.5. The van der Waals surface area contributed by atoms with Crippen LogP contribution in [0.4, 0.5) is 0 Å². The lowest BCUT2D eigenvalue weighted by molar-refractivity contribution is -0.154. The van der Waals surface area contributed by atoms with E-state index in [1.807, 2.05) is 12.1 Å². The standard InChI is InChI=1S/C14H18N2O4/c1-16(9-6-10-4-7-15-8-5-10)13(17)11-2-3-12(20-11)14(18)19/h4-5,7-8,11-12H,2-3,6,9H2,1H3,(H,18,19)/t11-,12+/m0/s1. The molecule has 0 unspecified atom stereocenters. The molecule has 108 valence electrons. The number of pyridine rings is 1. The molecule has 20 heavy (non-hydrogen) atoms. The van der Waals surface area contributed by atoms with Gasteiger partial charge in [0.2, 0.25) is 0 Å². The number of nitrogens with zero attached hydrogens (tertiary/aromatic N) is 2. The minimum Gasteiger partial charge on any atom is -0.479 e. The number of carboxylic acid groups (broad SMARTS) is 1. The van der Waals surface area contributed by atoms with E-state index in [-0.39, 0.29) is 5.91 Å². The Morgan fingerprint density at radius 2 is 2.00 bits per heavy atom. The van der Waals surface area contributed by atoms with Crippen molar-refractivity contribution in [2.24, 2.45) is 0 Å². The van der Waals surface area contributed by atoms with Crippen molar-refractivity contribution in [2.75, 3.05) is 13.6 Å². The van der Waals surface area contributed by atoms with Crippen LogP contribution in [0.3, 0.4) is 0 Å². The number of hydrogen-bond acceptors (Lipinski definition) is 4. The Kier molecular flexibility index (Phi) is 4.68. The summed E-state index contributed by atoms with van der Waals surface area (Å²) in [6.07, 6.45) is 3.55. The molecule has 2 rings (SSSR count). The number of aromatic nitrogens is 1. The van der Waals surface area contributed by atoms with Gasteiger partial charge < -0.3 is 14.7 Å². The molecule has 6 heteroatoms. The highest BCUT2D eigenvalue weighted by Gasteiger charge is 2.35. The third-order valence-electron chi connectivity index (χ3n) is 3.43. The second kappa shape index (κ2) is 6.47. The molecule has 1 fully saturated rings. The van der Waals surface area contributed by atoms with Gasteiger partial charge in [-0.25, -0.2) is 4.79 Å². The fraction of sp³-hybridized carbons (Fsp3) is 0.500. The Morgan fingerprint density at radius 3 is 2.60 bits per heavy atom. The number of carbonyl (C=O) groups is 2. The predicted molar refractivity (Wildman–Crippen MR) is 71.1 cm³/mol. The van der Waals surface area contributed by atoms with Gasteiger partial charge in [0, 0.05) is 26.0 Å². The minimum absolute atomic E-state index is 0.150. The first-order chi connectivity index (χ1) is 9.58. The van der Waals surface area contributed by atoms with E-state index in [2.05, 4.69) is 4.98 Å². The summed E-state index contributed by atoms with van der Waals surface area (Å²) in [5.41, 5.74) is 1.11. The molecule has 2 heterocycles. The highest BCUT2D eigenvalue weighted by molar-refractivity contribution is 5.82. The Hall–Kier alpha value is -1.95. The minimum atomic E-state index is -1.00. The van der Waals surface area contributed by atoms with E-state index in [9.17, 15) is 9.59 Å². The number of ether oxygens (including phenoxy) is 1. The van der Waals surface area contributed by atoms with E-state index < -0.39 is 18.2 Å². The van der Waals surface area contributed by atoms with E-state index >= 15 is 0 Å². The monoisotopic (exact) mass is 278 g/mol. The smallest absolute Gasteiger partial charge is 0.332 e. The molecule has 1 N–H and O–H groups in total. The Morgan fingerprint density at radius 1 is 1.35 bits per heavy atom. The van der Waals surface area contributed by atoms with E-state index in [1.165, 1.54) is 0 Å². The molecule has 1 aliphatic rings. The molecule has 1 amide bonds. The van der Waals surface area contributed by atoms with Crippen LogP contribution in [-0.2, 0) is 20.7 Å². The molecule has 1 saturated heterocycles. The molecule has 0 spiro atoms. The number of amides is 1. The number of likely N-dealkylation sites (N-methyl/N-ethyl adjacent to an activating group) is 1. The van der Waals surface area contributed by atoms with Crippen molar-refractivity contribution >= 4 is 11.9 Å². The van der Waals surface area contributed by atoms with Crippen LogP contribution < -0.4 is 0 Å². The molecular formula is C14H18N2O4. The summed E-state index contributed by atoms with van der Waals surface area (Å²) >= 11 is 0. The normalized spacial score (nSPS) is 21.6. The van der Waals surface area contributed by atoms with Crippen molar-refractivity contribution in [3.8, 4) is 0 Å². The second-order valence-electron chi connectivity index (χ2n) is 4.89. The summed E-state index contributed by atoms with van der Waals surface area (Å²) in [4.78, 5) is 28.5. The molecule has 0 aromatic carbocycles. The van der Waals surface area contributed by atoms with E-state index in [0.717, 1.165) is 12.0 Å². The Balaban J connectivity index is 1.82. The van der Waals surface area contributed by atoms with Crippen molar-refractivity contribution in [1.82, 2.24) is 9.88 Å². The third kappa shape index (κ3) is 3.54. The topological polar surface area (TPSA) is 79.7 Å². The highest BCUT2D eigenvalue weighted by Crippen LogP contribution is 2.21. The van der Waals surface area contributed by atoms with E-state index in [1.54, 1.807) is 24.3 Å². The molecule has 0 bridgehead atoms. The van der Waals surface area contributed by atoms with Gasteiger partial charge in [-0.15, -0.1) is 0 Å². The zero-order valence-corrected chi connectivity index (χ0v) is 11.4. The third-order valence-corrected chi connectivity index (χ3v) is 3.43. The Labute approximate surface area is 117 Å². The van der Waals surface area contributed by atoms with Crippen molar-refractivity contribution in [2.45, 2.75) is 31.5 Å². The average Bonchev–Trinajstić information content (AvgIpc) is 2.95. The maximum absolute atomic E-state index is 12.1. The molecule has 1 aliphatic heterocycles. The maximum atomic E-state index is 12.1. The molecule has 0 radical (unpaired) electrons. The summed E-state index contributed by atoms with van der Waals surface area (Å²) in [6, 6.07) is 3.82. The van der Waals surface area contributed by atoms with Gasteiger partial charge in [-0.05, 0) is 37.0 Å². The van der Waals surface area contributed by atoms with Gasteiger partial charge in [0.25, 0.3) is 5.91 Å². The van der Waals surface area contributed by atoms with Crippen LogP contribution in [0.1, 0.15) is 18.4 Å². The molecular weight excluding hydrogens is 260 g/mol. The molecule has 6 nitrogen and oxygen atoms in total. The number of carboxylic acids is 1. The molecule has 0 saturated carbocycles. The lowest BCUT2D eigenvalue weighted by Gasteiger charge is -2.21. The Bertz CT molecular complexity index is 477. The number of hydrogen-bond donors (Lipinski definition) is 1. The lowest BCUT2D eigenvalue weighted by Crippen LogP contribution is -2.38. The van der Waals surface area contributed by atoms with Crippen LogP contribution >= 0.6 is 0 Å².